The summed E-state index contributed by atoms with van der Waals surface area (Å²) < 4.78 is 16.3. The van der Waals surface area contributed by atoms with Crippen LogP contribution in [0.1, 0.15) is 26.3 Å². The van der Waals surface area contributed by atoms with Gasteiger partial charge in [0.15, 0.2) is 11.6 Å². The van der Waals surface area contributed by atoms with Gasteiger partial charge in [0.05, 0.1) is 35.3 Å². The van der Waals surface area contributed by atoms with Gasteiger partial charge >= 0.3 is 12.1 Å². The van der Waals surface area contributed by atoms with Crippen LogP contribution in [0.4, 0.5) is 26.9 Å². The van der Waals surface area contributed by atoms with E-state index < -0.39 is 6.09 Å². The number of amides is 3. The third-order valence-electron chi connectivity index (χ3n) is 8.32. The van der Waals surface area contributed by atoms with Crippen LogP contribution in [-0.4, -0.2) is 76.4 Å². The summed E-state index contributed by atoms with van der Waals surface area (Å²) in [5, 5.41) is 5.48. The Kier molecular flexibility index (Phi) is 12.1. The number of carbonyl (C=O) groups excluding carboxylic acids is 2. The Balaban J connectivity index is 0.000000188. The van der Waals surface area contributed by atoms with Crippen molar-refractivity contribution >= 4 is 51.5 Å². The molecule has 0 bridgehead atoms. The van der Waals surface area contributed by atoms with E-state index in [9.17, 15) is 9.59 Å². The molecule has 1 aliphatic rings. The largest absolute Gasteiger partial charge is 0.475 e. The minimum Gasteiger partial charge on any atom is -0.475 e. The molecule has 0 spiro atoms. The number of hydrogen-bond donors (Lipinski definition) is 2. The zero-order valence-electron chi connectivity index (χ0n) is 30.0. The molecular formula is C40H42N8O5. The number of urea groups is 1. The average Bonchev–Trinajstić information content (AvgIpc) is 3.19. The minimum absolute atomic E-state index is 0.177. The molecule has 1 saturated heterocycles. The van der Waals surface area contributed by atoms with Crippen molar-refractivity contribution in [1.29, 1.82) is 0 Å². The summed E-state index contributed by atoms with van der Waals surface area (Å²) in [6.07, 6.45) is 0.347. The molecule has 13 heteroatoms. The molecule has 1 aliphatic heterocycles. The normalized spacial score (nSPS) is 12.4. The molecule has 4 aromatic carbocycles. The van der Waals surface area contributed by atoms with Crippen molar-refractivity contribution in [2.75, 3.05) is 54.9 Å². The lowest BCUT2D eigenvalue weighted by molar-refractivity contribution is 0.207. The molecule has 6 aromatic rings. The van der Waals surface area contributed by atoms with E-state index in [2.05, 4.69) is 66.7 Å². The second-order valence-electron chi connectivity index (χ2n) is 11.8. The van der Waals surface area contributed by atoms with Gasteiger partial charge in [0, 0.05) is 31.9 Å². The van der Waals surface area contributed by atoms with Gasteiger partial charge in [-0.3, -0.25) is 10.6 Å². The maximum atomic E-state index is 12.9. The van der Waals surface area contributed by atoms with Crippen LogP contribution in [0, 0.1) is 0 Å². The molecular weight excluding hydrogens is 672 g/mol. The molecule has 3 amide bonds. The highest BCUT2D eigenvalue weighted by atomic mass is 16.6. The number of nitrogens with zero attached hydrogens (tertiary/aromatic N) is 6. The Morgan fingerprint density at radius 1 is 0.604 bits per heavy atom. The molecule has 0 unspecified atom stereocenters. The lowest BCUT2D eigenvalue weighted by Crippen LogP contribution is -2.50. The number of rotatable bonds is 9. The van der Waals surface area contributed by atoms with Gasteiger partial charge in [0.2, 0.25) is 0 Å². The van der Waals surface area contributed by atoms with Crippen molar-refractivity contribution in [3.05, 3.63) is 109 Å². The van der Waals surface area contributed by atoms with Crippen molar-refractivity contribution in [3.8, 4) is 17.5 Å². The zero-order valence-corrected chi connectivity index (χ0v) is 30.0. The number of fused-ring (bicyclic) bond motifs is 2. The standard InChI is InChI=1S/C23H27N5O2.C17H15N3O3/c1-3-17-9-5-8-12-20(17)27-13-15-28(16-14-27)23(29)26-21-22(30-4-2)25-19-11-7-6-10-18(19)24-21;1-2-22-16-15(18-13-10-6-7-11-14(13)19-16)20-17(21)23-12-8-4-3-5-9-12/h5-12H,3-4,13-16H2,1-2H3,(H,24,26,29);3-11H,2H2,1H3,(H,18,20,21). The lowest BCUT2D eigenvalue weighted by Gasteiger charge is -2.36. The topological polar surface area (TPSA) is 144 Å². The quantitative estimate of drug-likeness (QED) is 0.154. The Labute approximate surface area is 308 Å². The van der Waals surface area contributed by atoms with Gasteiger partial charge in [0.25, 0.3) is 11.8 Å². The van der Waals surface area contributed by atoms with Crippen LogP contribution >= 0.6 is 0 Å². The van der Waals surface area contributed by atoms with Gasteiger partial charge < -0.3 is 24.0 Å². The molecule has 0 atom stereocenters. The average molecular weight is 715 g/mol. The third kappa shape index (κ3) is 9.25. The van der Waals surface area contributed by atoms with E-state index in [0.717, 1.165) is 30.5 Å². The van der Waals surface area contributed by atoms with E-state index in [-0.39, 0.29) is 17.7 Å². The molecule has 1 fully saturated rings. The number of ether oxygens (including phenoxy) is 3. The molecule has 3 heterocycles. The second-order valence-corrected chi connectivity index (χ2v) is 11.8. The first-order valence-electron chi connectivity index (χ1n) is 17.7. The smallest absolute Gasteiger partial charge is 0.418 e. The van der Waals surface area contributed by atoms with Crippen LogP contribution < -0.4 is 29.7 Å². The first kappa shape index (κ1) is 36.3. The van der Waals surface area contributed by atoms with E-state index in [1.54, 1.807) is 24.3 Å². The Morgan fingerprint density at radius 3 is 1.64 bits per heavy atom. The Hall–Kier alpha value is -6.50. The first-order valence-corrected chi connectivity index (χ1v) is 17.7. The number of nitrogens with one attached hydrogen (secondary N) is 2. The monoisotopic (exact) mass is 714 g/mol. The number of benzene rings is 4. The third-order valence-corrected chi connectivity index (χ3v) is 8.32. The summed E-state index contributed by atoms with van der Waals surface area (Å²) in [5.74, 6) is 1.64. The summed E-state index contributed by atoms with van der Waals surface area (Å²) in [5.41, 5.74) is 5.41. The van der Waals surface area contributed by atoms with E-state index in [1.807, 2.05) is 73.3 Å². The number of aryl methyl sites for hydroxylation is 1. The number of aromatic nitrogens is 4. The van der Waals surface area contributed by atoms with E-state index in [4.69, 9.17) is 14.2 Å². The predicted molar refractivity (Wildman–Crippen MR) is 206 cm³/mol. The van der Waals surface area contributed by atoms with Gasteiger partial charge in [0.1, 0.15) is 5.75 Å². The summed E-state index contributed by atoms with van der Waals surface area (Å²) >= 11 is 0. The second kappa shape index (κ2) is 17.6. The summed E-state index contributed by atoms with van der Waals surface area (Å²) in [7, 11) is 0. The number of piperazine rings is 1. The van der Waals surface area contributed by atoms with Crippen LogP contribution in [0.5, 0.6) is 17.5 Å². The van der Waals surface area contributed by atoms with Gasteiger partial charge in [-0.25, -0.2) is 29.5 Å². The summed E-state index contributed by atoms with van der Waals surface area (Å²) in [6.45, 7) is 9.64. The molecule has 0 aliphatic carbocycles. The molecule has 0 saturated carbocycles. The molecule has 272 valence electrons. The Bertz CT molecular complexity index is 2160. The van der Waals surface area contributed by atoms with Crippen LogP contribution in [0.3, 0.4) is 0 Å². The maximum absolute atomic E-state index is 12.9. The molecule has 13 nitrogen and oxygen atoms in total. The highest BCUT2D eigenvalue weighted by molar-refractivity contribution is 5.91. The van der Waals surface area contributed by atoms with Crippen LogP contribution in [-0.2, 0) is 6.42 Å². The van der Waals surface area contributed by atoms with Crippen LogP contribution in [0.15, 0.2) is 103 Å². The molecule has 53 heavy (non-hydrogen) atoms. The molecule has 7 rings (SSSR count). The number of para-hydroxylation sites is 6. The van der Waals surface area contributed by atoms with Crippen molar-refractivity contribution < 1.29 is 23.8 Å². The van der Waals surface area contributed by atoms with Crippen molar-refractivity contribution in [3.63, 3.8) is 0 Å². The summed E-state index contributed by atoms with van der Waals surface area (Å²) in [4.78, 5) is 46.9. The molecule has 2 aromatic heterocycles. The summed E-state index contributed by atoms with van der Waals surface area (Å²) in [6, 6.07) is 32.0. The molecule has 0 radical (unpaired) electrons. The fourth-order valence-electron chi connectivity index (χ4n) is 5.77. The van der Waals surface area contributed by atoms with Gasteiger partial charge in [-0.05, 0) is 68.3 Å². The highest BCUT2D eigenvalue weighted by Gasteiger charge is 2.24. The Morgan fingerprint density at radius 2 is 1.09 bits per heavy atom. The van der Waals surface area contributed by atoms with E-state index in [1.165, 1.54) is 11.3 Å². The SMILES string of the molecule is CCOc1nc2ccccc2nc1NC(=O)N1CCN(c2ccccc2CC)CC1.CCOc1nc2ccccc2nc1NC(=O)Oc1ccccc1. The van der Waals surface area contributed by atoms with Gasteiger partial charge in [-0.2, -0.15) is 0 Å². The minimum atomic E-state index is -0.651. The number of anilines is 3. The lowest BCUT2D eigenvalue weighted by atomic mass is 10.1. The van der Waals surface area contributed by atoms with E-state index in [0.29, 0.717) is 54.8 Å². The van der Waals surface area contributed by atoms with Crippen LogP contribution in [0.2, 0.25) is 0 Å². The van der Waals surface area contributed by atoms with E-state index >= 15 is 0 Å². The van der Waals surface area contributed by atoms with Gasteiger partial charge in [-0.1, -0.05) is 67.6 Å². The fraction of sp³-hybridized carbons (Fsp3) is 0.250. The molecule has 2 N–H and O–H groups in total. The fourth-order valence-corrected chi connectivity index (χ4v) is 5.77. The zero-order chi connectivity index (χ0) is 37.0. The number of carbonyl (C=O) groups is 2. The maximum Gasteiger partial charge on any atom is 0.418 e. The van der Waals surface area contributed by atoms with Crippen molar-refractivity contribution in [2.45, 2.75) is 27.2 Å². The predicted octanol–water partition coefficient (Wildman–Crippen LogP) is 7.58. The highest BCUT2D eigenvalue weighted by Crippen LogP contribution is 2.26. The van der Waals surface area contributed by atoms with Crippen LogP contribution in [0.25, 0.3) is 22.1 Å². The van der Waals surface area contributed by atoms with Gasteiger partial charge in [-0.15, -0.1) is 0 Å². The first-order chi connectivity index (χ1) is 25.9. The number of hydrogen-bond acceptors (Lipinski definition) is 10. The van der Waals surface area contributed by atoms with Crippen molar-refractivity contribution in [1.82, 2.24) is 24.8 Å². The van der Waals surface area contributed by atoms with Crippen molar-refractivity contribution in [2.24, 2.45) is 0 Å².